The number of hydrogen-bond acceptors (Lipinski definition) is 1. The highest BCUT2D eigenvalue weighted by molar-refractivity contribution is 6.30. The molecule has 0 aliphatic carbocycles. The van der Waals surface area contributed by atoms with Gasteiger partial charge in [0.2, 0.25) is 0 Å². The van der Waals surface area contributed by atoms with Crippen molar-refractivity contribution < 1.29 is 0 Å². The van der Waals surface area contributed by atoms with Crippen molar-refractivity contribution in [3.8, 4) is 0 Å². The Bertz CT molecular complexity index is 476. The molecule has 0 aliphatic rings. The van der Waals surface area contributed by atoms with Gasteiger partial charge in [0.15, 0.2) is 0 Å². The summed E-state index contributed by atoms with van der Waals surface area (Å²) in [5.74, 6) is 0. The molecule has 2 rings (SSSR count). The van der Waals surface area contributed by atoms with E-state index in [0.29, 0.717) is 0 Å². The van der Waals surface area contributed by atoms with E-state index < -0.39 is 0 Å². The van der Waals surface area contributed by atoms with Crippen LogP contribution in [0.1, 0.15) is 22.7 Å². The maximum absolute atomic E-state index is 6.18. The Morgan fingerprint density at radius 1 is 1.00 bits per heavy atom. The molecule has 0 saturated carbocycles. The van der Waals surface area contributed by atoms with Gasteiger partial charge in [0, 0.05) is 5.02 Å². The summed E-state index contributed by atoms with van der Waals surface area (Å²) in [6, 6.07) is 15.8. The fraction of sp³-hybridized carbons (Fsp3) is 0.143. The molecule has 0 fully saturated rings. The molecular formula is C14H14ClN. The number of aryl methyl sites for hydroxylation is 1. The molecule has 0 heterocycles. The molecule has 0 bridgehead atoms. The first-order valence-corrected chi connectivity index (χ1v) is 5.62. The predicted molar refractivity (Wildman–Crippen MR) is 68.7 cm³/mol. The van der Waals surface area contributed by atoms with Crippen molar-refractivity contribution in [2.75, 3.05) is 0 Å². The highest BCUT2D eigenvalue weighted by atomic mass is 35.5. The molecule has 1 atom stereocenters. The van der Waals surface area contributed by atoms with E-state index in [2.05, 4.69) is 31.2 Å². The van der Waals surface area contributed by atoms with Gasteiger partial charge in [0.05, 0.1) is 6.04 Å². The Kier molecular flexibility index (Phi) is 3.28. The highest BCUT2D eigenvalue weighted by Crippen LogP contribution is 2.22. The van der Waals surface area contributed by atoms with E-state index in [1.165, 1.54) is 5.56 Å². The SMILES string of the molecule is Cc1ccc(C(N)c2cccc(Cl)c2)cc1. The largest absolute Gasteiger partial charge is 0.320 e. The van der Waals surface area contributed by atoms with Crippen molar-refractivity contribution in [2.45, 2.75) is 13.0 Å². The van der Waals surface area contributed by atoms with E-state index in [-0.39, 0.29) is 6.04 Å². The summed E-state index contributed by atoms with van der Waals surface area (Å²) < 4.78 is 0. The topological polar surface area (TPSA) is 26.0 Å². The first kappa shape index (κ1) is 11.2. The Balaban J connectivity index is 2.31. The Hall–Kier alpha value is -1.31. The van der Waals surface area contributed by atoms with Crippen LogP contribution >= 0.6 is 11.6 Å². The van der Waals surface area contributed by atoms with Crippen LogP contribution in [-0.4, -0.2) is 0 Å². The fourth-order valence-electron chi connectivity index (χ4n) is 1.67. The summed E-state index contributed by atoms with van der Waals surface area (Å²) >= 11 is 5.95. The van der Waals surface area contributed by atoms with Gasteiger partial charge >= 0.3 is 0 Å². The summed E-state index contributed by atoms with van der Waals surface area (Å²) in [6.07, 6.45) is 0. The summed E-state index contributed by atoms with van der Waals surface area (Å²) in [5, 5.41) is 0.722. The zero-order chi connectivity index (χ0) is 11.5. The van der Waals surface area contributed by atoms with Gasteiger partial charge in [-0.05, 0) is 30.2 Å². The van der Waals surface area contributed by atoms with Gasteiger partial charge in [-0.2, -0.15) is 0 Å². The van der Waals surface area contributed by atoms with Crippen LogP contribution in [-0.2, 0) is 0 Å². The molecule has 2 N–H and O–H groups in total. The molecule has 2 aromatic carbocycles. The highest BCUT2D eigenvalue weighted by Gasteiger charge is 2.08. The van der Waals surface area contributed by atoms with E-state index in [4.69, 9.17) is 17.3 Å². The van der Waals surface area contributed by atoms with Gasteiger partial charge in [0.1, 0.15) is 0 Å². The van der Waals surface area contributed by atoms with Gasteiger partial charge in [-0.25, -0.2) is 0 Å². The van der Waals surface area contributed by atoms with Crippen molar-refractivity contribution in [1.29, 1.82) is 0 Å². The predicted octanol–water partition coefficient (Wildman–Crippen LogP) is 3.70. The van der Waals surface area contributed by atoms with Crippen LogP contribution in [0.5, 0.6) is 0 Å². The number of nitrogens with two attached hydrogens (primary N) is 1. The zero-order valence-corrected chi connectivity index (χ0v) is 9.91. The second kappa shape index (κ2) is 4.69. The van der Waals surface area contributed by atoms with E-state index in [1.54, 1.807) is 0 Å². The third-order valence-corrected chi connectivity index (χ3v) is 2.88. The molecule has 2 heteroatoms. The van der Waals surface area contributed by atoms with Crippen LogP contribution in [0.3, 0.4) is 0 Å². The first-order valence-electron chi connectivity index (χ1n) is 5.24. The van der Waals surface area contributed by atoms with Crippen molar-refractivity contribution >= 4 is 11.6 Å². The normalized spacial score (nSPS) is 12.4. The van der Waals surface area contributed by atoms with Crippen molar-refractivity contribution in [3.63, 3.8) is 0 Å². The molecular weight excluding hydrogens is 218 g/mol. The monoisotopic (exact) mass is 231 g/mol. The number of halogens is 1. The standard InChI is InChI=1S/C14H14ClN/c1-10-5-7-11(8-6-10)14(16)12-3-2-4-13(15)9-12/h2-9,14H,16H2,1H3. The van der Waals surface area contributed by atoms with E-state index in [1.807, 2.05) is 24.3 Å². The molecule has 1 unspecified atom stereocenters. The van der Waals surface area contributed by atoms with Crippen LogP contribution in [0.2, 0.25) is 5.02 Å². The lowest BCUT2D eigenvalue weighted by molar-refractivity contribution is 0.871. The number of hydrogen-bond donors (Lipinski definition) is 1. The molecule has 16 heavy (non-hydrogen) atoms. The van der Waals surface area contributed by atoms with Crippen molar-refractivity contribution in [1.82, 2.24) is 0 Å². The molecule has 0 spiro atoms. The average Bonchev–Trinajstić information content (AvgIpc) is 2.29. The second-order valence-corrected chi connectivity index (χ2v) is 4.38. The van der Waals surface area contributed by atoms with Crippen LogP contribution in [0.15, 0.2) is 48.5 Å². The molecule has 0 aliphatic heterocycles. The maximum Gasteiger partial charge on any atom is 0.0552 e. The van der Waals surface area contributed by atoms with Crippen molar-refractivity contribution in [3.05, 3.63) is 70.2 Å². The van der Waals surface area contributed by atoms with Gasteiger partial charge in [-0.3, -0.25) is 0 Å². The average molecular weight is 232 g/mol. The van der Waals surface area contributed by atoms with E-state index in [0.717, 1.165) is 16.1 Å². The first-order chi connectivity index (χ1) is 7.66. The van der Waals surface area contributed by atoms with Gasteiger partial charge < -0.3 is 5.73 Å². The van der Waals surface area contributed by atoms with E-state index >= 15 is 0 Å². The molecule has 0 amide bonds. The lowest BCUT2D eigenvalue weighted by atomic mass is 9.99. The Morgan fingerprint density at radius 3 is 2.31 bits per heavy atom. The third-order valence-electron chi connectivity index (χ3n) is 2.64. The fourth-order valence-corrected chi connectivity index (χ4v) is 1.87. The molecule has 82 valence electrons. The summed E-state index contributed by atoms with van der Waals surface area (Å²) in [5.41, 5.74) is 9.56. The van der Waals surface area contributed by atoms with Crippen LogP contribution < -0.4 is 5.73 Å². The number of benzene rings is 2. The van der Waals surface area contributed by atoms with Crippen LogP contribution in [0, 0.1) is 6.92 Å². The van der Waals surface area contributed by atoms with Gasteiger partial charge in [-0.15, -0.1) is 0 Å². The van der Waals surface area contributed by atoms with E-state index in [9.17, 15) is 0 Å². The molecule has 0 aromatic heterocycles. The minimum atomic E-state index is -0.112. The van der Waals surface area contributed by atoms with Crippen LogP contribution in [0.4, 0.5) is 0 Å². The smallest absolute Gasteiger partial charge is 0.0552 e. The lowest BCUT2D eigenvalue weighted by Gasteiger charge is -2.13. The molecule has 2 aromatic rings. The maximum atomic E-state index is 6.18. The molecule has 0 saturated heterocycles. The van der Waals surface area contributed by atoms with Crippen molar-refractivity contribution in [2.24, 2.45) is 5.73 Å². The zero-order valence-electron chi connectivity index (χ0n) is 9.15. The van der Waals surface area contributed by atoms with Gasteiger partial charge in [0.25, 0.3) is 0 Å². The Morgan fingerprint density at radius 2 is 1.69 bits per heavy atom. The summed E-state index contributed by atoms with van der Waals surface area (Å²) in [4.78, 5) is 0. The number of rotatable bonds is 2. The van der Waals surface area contributed by atoms with Crippen LogP contribution in [0.25, 0.3) is 0 Å². The minimum Gasteiger partial charge on any atom is -0.320 e. The minimum absolute atomic E-state index is 0.112. The third kappa shape index (κ3) is 2.43. The summed E-state index contributed by atoms with van der Waals surface area (Å²) in [7, 11) is 0. The summed E-state index contributed by atoms with van der Waals surface area (Å²) in [6.45, 7) is 2.06. The second-order valence-electron chi connectivity index (χ2n) is 3.94. The lowest BCUT2D eigenvalue weighted by Crippen LogP contribution is -2.11. The molecule has 0 radical (unpaired) electrons. The Labute approximate surface area is 101 Å². The van der Waals surface area contributed by atoms with Gasteiger partial charge in [-0.1, -0.05) is 53.6 Å². The molecule has 1 nitrogen and oxygen atoms in total. The quantitative estimate of drug-likeness (QED) is 0.838.